The summed E-state index contributed by atoms with van der Waals surface area (Å²) in [5.41, 5.74) is 2.37. The average molecular weight is 275 g/mol. The minimum Gasteiger partial charge on any atom is -0.387 e. The molecule has 2 atom stereocenters. The molecule has 1 aliphatic carbocycles. The summed E-state index contributed by atoms with van der Waals surface area (Å²) < 4.78 is 0. The summed E-state index contributed by atoms with van der Waals surface area (Å²) in [5, 5.41) is 13.7. The quantitative estimate of drug-likeness (QED) is 0.795. The largest absolute Gasteiger partial charge is 0.387 e. The fraction of sp³-hybridized carbons (Fsp3) is 0.667. The van der Waals surface area contributed by atoms with E-state index < -0.39 is 6.10 Å². The molecule has 0 aliphatic heterocycles. The molecule has 0 radical (unpaired) electrons. The molecular weight excluding hydrogens is 246 g/mol. The van der Waals surface area contributed by atoms with Crippen LogP contribution in [0.2, 0.25) is 0 Å². The Hall–Kier alpha value is -0.860. The maximum atomic E-state index is 10.3. The molecule has 0 aromatic heterocycles. The molecule has 0 heterocycles. The predicted octanol–water partition coefficient (Wildman–Crippen LogP) is 3.70. The lowest BCUT2D eigenvalue weighted by molar-refractivity contribution is 0.155. The lowest BCUT2D eigenvalue weighted by Crippen LogP contribution is -2.39. The third-order valence-electron chi connectivity index (χ3n) is 4.50. The van der Waals surface area contributed by atoms with Crippen molar-refractivity contribution in [3.05, 3.63) is 35.4 Å². The number of hydrogen-bond acceptors (Lipinski definition) is 2. The highest BCUT2D eigenvalue weighted by molar-refractivity contribution is 5.24. The molecule has 1 fully saturated rings. The number of hydrogen-bond donors (Lipinski definition) is 2. The van der Waals surface area contributed by atoms with E-state index in [4.69, 9.17) is 0 Å². The first-order valence-corrected chi connectivity index (χ1v) is 8.06. The number of aliphatic hydroxyl groups is 1. The highest BCUT2D eigenvalue weighted by atomic mass is 16.3. The molecule has 1 aliphatic rings. The van der Waals surface area contributed by atoms with Crippen molar-refractivity contribution >= 4 is 0 Å². The average Bonchev–Trinajstić information content (AvgIpc) is 2.34. The zero-order chi connectivity index (χ0) is 14.5. The Kier molecular flexibility index (Phi) is 5.62. The molecule has 112 valence electrons. The normalized spacial score (nSPS) is 18.9. The Morgan fingerprint density at radius 1 is 1.15 bits per heavy atom. The fourth-order valence-corrected chi connectivity index (χ4v) is 2.87. The van der Waals surface area contributed by atoms with Crippen LogP contribution in [0.4, 0.5) is 0 Å². The molecule has 0 bridgehead atoms. The van der Waals surface area contributed by atoms with E-state index >= 15 is 0 Å². The van der Waals surface area contributed by atoms with Crippen LogP contribution in [0.25, 0.3) is 0 Å². The third kappa shape index (κ3) is 4.32. The first kappa shape index (κ1) is 15.5. The lowest BCUT2D eigenvalue weighted by Gasteiger charge is -2.32. The molecule has 1 saturated carbocycles. The number of nitrogens with one attached hydrogen (secondary N) is 1. The van der Waals surface area contributed by atoms with E-state index in [2.05, 4.69) is 50.4 Å². The Labute approximate surface area is 123 Å². The van der Waals surface area contributed by atoms with Crippen LogP contribution >= 0.6 is 0 Å². The van der Waals surface area contributed by atoms with E-state index in [1.165, 1.54) is 24.8 Å². The van der Waals surface area contributed by atoms with Crippen LogP contribution in [0.15, 0.2) is 24.3 Å². The molecule has 1 aromatic carbocycles. The third-order valence-corrected chi connectivity index (χ3v) is 4.50. The Bertz CT molecular complexity index is 394. The maximum Gasteiger partial charge on any atom is 0.0914 e. The van der Waals surface area contributed by atoms with Crippen LogP contribution in [-0.2, 0) is 6.42 Å². The molecule has 2 rings (SSSR count). The summed E-state index contributed by atoms with van der Waals surface area (Å²) in [6, 6.07) is 8.96. The highest BCUT2D eigenvalue weighted by Gasteiger charge is 2.23. The van der Waals surface area contributed by atoms with Gasteiger partial charge in [0.1, 0.15) is 0 Å². The van der Waals surface area contributed by atoms with E-state index in [0.717, 1.165) is 17.9 Å². The molecule has 2 unspecified atom stereocenters. The van der Waals surface area contributed by atoms with Crippen molar-refractivity contribution in [1.29, 1.82) is 0 Å². The van der Waals surface area contributed by atoms with Gasteiger partial charge in [0.2, 0.25) is 0 Å². The first-order valence-electron chi connectivity index (χ1n) is 8.06. The second-order valence-corrected chi connectivity index (χ2v) is 6.74. The minimum absolute atomic E-state index is 0.398. The van der Waals surface area contributed by atoms with Crippen molar-refractivity contribution in [3.63, 3.8) is 0 Å². The Morgan fingerprint density at radius 2 is 1.80 bits per heavy atom. The van der Waals surface area contributed by atoms with Gasteiger partial charge >= 0.3 is 0 Å². The lowest BCUT2D eigenvalue weighted by atomic mass is 9.80. The minimum atomic E-state index is -0.398. The predicted molar refractivity (Wildman–Crippen MR) is 84.7 cm³/mol. The SMILES string of the molecule is CC(C)Cc1ccc(C(O)CNC(C)C2CCC2)cc1. The molecular formula is C18H29NO. The van der Waals surface area contributed by atoms with Gasteiger partial charge in [0.15, 0.2) is 0 Å². The number of benzene rings is 1. The van der Waals surface area contributed by atoms with Gasteiger partial charge in [-0.25, -0.2) is 0 Å². The van der Waals surface area contributed by atoms with Crippen molar-refractivity contribution in [2.24, 2.45) is 11.8 Å². The Balaban J connectivity index is 1.80. The molecule has 2 heteroatoms. The van der Waals surface area contributed by atoms with E-state index in [-0.39, 0.29) is 0 Å². The van der Waals surface area contributed by atoms with Gasteiger partial charge in [-0.15, -0.1) is 0 Å². The van der Waals surface area contributed by atoms with Crippen LogP contribution in [0.1, 0.15) is 57.3 Å². The second kappa shape index (κ2) is 7.24. The van der Waals surface area contributed by atoms with Gasteiger partial charge in [-0.05, 0) is 49.1 Å². The second-order valence-electron chi connectivity index (χ2n) is 6.74. The van der Waals surface area contributed by atoms with Crippen LogP contribution in [-0.4, -0.2) is 17.7 Å². The molecule has 0 amide bonds. The molecule has 0 spiro atoms. The van der Waals surface area contributed by atoms with Crippen LogP contribution in [0, 0.1) is 11.8 Å². The van der Waals surface area contributed by atoms with Gasteiger partial charge < -0.3 is 10.4 Å². The number of rotatable bonds is 7. The fourth-order valence-electron chi connectivity index (χ4n) is 2.87. The van der Waals surface area contributed by atoms with Crippen molar-refractivity contribution in [3.8, 4) is 0 Å². The van der Waals surface area contributed by atoms with Gasteiger partial charge in [-0.1, -0.05) is 44.5 Å². The topological polar surface area (TPSA) is 32.3 Å². The zero-order valence-corrected chi connectivity index (χ0v) is 13.1. The van der Waals surface area contributed by atoms with E-state index in [0.29, 0.717) is 18.5 Å². The van der Waals surface area contributed by atoms with E-state index in [1.54, 1.807) is 0 Å². The summed E-state index contributed by atoms with van der Waals surface area (Å²) in [6.07, 6.45) is 4.76. The summed E-state index contributed by atoms with van der Waals surface area (Å²) in [5.74, 6) is 1.49. The standard InChI is InChI=1S/C18H29NO/c1-13(2)11-15-7-9-17(10-8-15)18(20)12-19-14(3)16-5-4-6-16/h7-10,13-14,16,18-20H,4-6,11-12H2,1-3H3. The van der Waals surface area contributed by atoms with Crippen molar-refractivity contribution in [2.45, 2.75) is 58.6 Å². The maximum absolute atomic E-state index is 10.3. The summed E-state index contributed by atoms with van der Waals surface area (Å²) in [6.45, 7) is 7.35. The van der Waals surface area contributed by atoms with Gasteiger partial charge in [0, 0.05) is 12.6 Å². The first-order chi connectivity index (χ1) is 9.56. The van der Waals surface area contributed by atoms with Gasteiger partial charge in [-0.2, -0.15) is 0 Å². The number of aliphatic hydroxyl groups excluding tert-OH is 1. The van der Waals surface area contributed by atoms with E-state index in [1.807, 2.05) is 0 Å². The monoisotopic (exact) mass is 275 g/mol. The summed E-state index contributed by atoms with van der Waals surface area (Å²) in [4.78, 5) is 0. The zero-order valence-electron chi connectivity index (χ0n) is 13.1. The van der Waals surface area contributed by atoms with Crippen LogP contribution < -0.4 is 5.32 Å². The molecule has 1 aromatic rings. The van der Waals surface area contributed by atoms with Crippen LogP contribution in [0.3, 0.4) is 0 Å². The van der Waals surface area contributed by atoms with Crippen molar-refractivity contribution in [1.82, 2.24) is 5.32 Å². The molecule has 2 nitrogen and oxygen atoms in total. The highest BCUT2D eigenvalue weighted by Crippen LogP contribution is 2.29. The van der Waals surface area contributed by atoms with Crippen molar-refractivity contribution < 1.29 is 5.11 Å². The molecule has 2 N–H and O–H groups in total. The van der Waals surface area contributed by atoms with Crippen molar-refractivity contribution in [2.75, 3.05) is 6.54 Å². The van der Waals surface area contributed by atoms with E-state index in [9.17, 15) is 5.11 Å². The molecule has 20 heavy (non-hydrogen) atoms. The van der Waals surface area contributed by atoms with Gasteiger partial charge in [-0.3, -0.25) is 0 Å². The van der Waals surface area contributed by atoms with Gasteiger partial charge in [0.05, 0.1) is 6.10 Å². The van der Waals surface area contributed by atoms with Crippen LogP contribution in [0.5, 0.6) is 0 Å². The summed E-state index contributed by atoms with van der Waals surface area (Å²) in [7, 11) is 0. The summed E-state index contributed by atoms with van der Waals surface area (Å²) >= 11 is 0. The molecule has 0 saturated heterocycles. The van der Waals surface area contributed by atoms with Gasteiger partial charge in [0.25, 0.3) is 0 Å². The smallest absolute Gasteiger partial charge is 0.0914 e. The Morgan fingerprint density at radius 3 is 2.30 bits per heavy atom.